The fraction of sp³-hybridized carbons (Fsp3) is 0.538. The molecule has 1 unspecified atom stereocenters. The first-order chi connectivity index (χ1) is 9.48. The summed E-state index contributed by atoms with van der Waals surface area (Å²) in [5.41, 5.74) is 0.210. The van der Waals surface area contributed by atoms with Gasteiger partial charge in [-0.1, -0.05) is 6.07 Å². The number of ether oxygens (including phenoxy) is 1. The number of halogens is 1. The molecule has 2 rings (SSSR count). The Kier molecular flexibility index (Phi) is 4.74. The van der Waals surface area contributed by atoms with Crippen LogP contribution in [0.2, 0.25) is 0 Å². The minimum Gasteiger partial charge on any atom is -0.392 e. The summed E-state index contributed by atoms with van der Waals surface area (Å²) in [7, 11) is -2.20. The van der Waals surface area contributed by atoms with E-state index in [1.165, 1.54) is 10.4 Å². The fourth-order valence-electron chi connectivity index (χ4n) is 2.43. The van der Waals surface area contributed by atoms with E-state index in [4.69, 9.17) is 4.74 Å². The fourth-order valence-corrected chi connectivity index (χ4v) is 4.18. The van der Waals surface area contributed by atoms with Crippen LogP contribution in [0.4, 0.5) is 4.39 Å². The van der Waals surface area contributed by atoms with E-state index in [0.717, 1.165) is 18.6 Å². The largest absolute Gasteiger partial charge is 0.392 e. The third-order valence-corrected chi connectivity index (χ3v) is 5.42. The molecule has 1 heterocycles. The predicted octanol–water partition coefficient (Wildman–Crippen LogP) is 0.975. The lowest BCUT2D eigenvalue weighted by molar-refractivity contribution is 0.157. The number of nitrogens with zero attached hydrogens (tertiary/aromatic N) is 1. The van der Waals surface area contributed by atoms with E-state index in [1.807, 2.05) is 0 Å². The molecule has 1 atom stereocenters. The first kappa shape index (κ1) is 15.4. The van der Waals surface area contributed by atoms with Gasteiger partial charge in [-0.25, -0.2) is 12.8 Å². The van der Waals surface area contributed by atoms with Crippen molar-refractivity contribution in [3.8, 4) is 0 Å². The van der Waals surface area contributed by atoms with E-state index in [-0.39, 0.29) is 16.4 Å². The average molecular weight is 303 g/mol. The Bertz CT molecular complexity index is 576. The summed E-state index contributed by atoms with van der Waals surface area (Å²) >= 11 is 0. The van der Waals surface area contributed by atoms with Crippen molar-refractivity contribution in [2.45, 2.75) is 17.9 Å². The molecular formula is C13H18FNO4S. The van der Waals surface area contributed by atoms with E-state index >= 15 is 0 Å². The summed E-state index contributed by atoms with van der Waals surface area (Å²) in [6.45, 7) is 0.807. The number of aliphatic hydroxyl groups excluding tert-OH is 1. The number of sulfonamides is 1. The maximum atomic E-state index is 13.3. The Morgan fingerprint density at radius 3 is 2.90 bits per heavy atom. The third kappa shape index (κ3) is 3.01. The molecule has 20 heavy (non-hydrogen) atoms. The van der Waals surface area contributed by atoms with Gasteiger partial charge in [0.2, 0.25) is 10.0 Å². The zero-order valence-corrected chi connectivity index (χ0v) is 12.1. The summed E-state index contributed by atoms with van der Waals surface area (Å²) in [5, 5.41) is 9.23. The molecule has 0 radical (unpaired) electrons. The van der Waals surface area contributed by atoms with Crippen molar-refractivity contribution >= 4 is 10.0 Å². The van der Waals surface area contributed by atoms with Crippen molar-refractivity contribution in [1.29, 1.82) is 0 Å². The topological polar surface area (TPSA) is 66.8 Å². The van der Waals surface area contributed by atoms with Gasteiger partial charge < -0.3 is 9.84 Å². The Morgan fingerprint density at radius 1 is 1.50 bits per heavy atom. The maximum absolute atomic E-state index is 13.3. The molecule has 0 spiro atoms. The maximum Gasteiger partial charge on any atom is 0.243 e. The van der Waals surface area contributed by atoms with Crippen LogP contribution in [0.15, 0.2) is 23.1 Å². The molecule has 7 heteroatoms. The molecule has 1 aromatic carbocycles. The van der Waals surface area contributed by atoms with Crippen LogP contribution in [0, 0.1) is 11.7 Å². The number of benzene rings is 1. The zero-order chi connectivity index (χ0) is 14.8. The van der Waals surface area contributed by atoms with Gasteiger partial charge in [-0.05, 0) is 30.0 Å². The monoisotopic (exact) mass is 303 g/mol. The van der Waals surface area contributed by atoms with Gasteiger partial charge in [0.1, 0.15) is 5.82 Å². The second kappa shape index (κ2) is 6.17. The van der Waals surface area contributed by atoms with Crippen LogP contribution in [-0.2, 0) is 21.4 Å². The molecule has 0 saturated carbocycles. The van der Waals surface area contributed by atoms with E-state index in [0.29, 0.717) is 19.7 Å². The van der Waals surface area contributed by atoms with Crippen molar-refractivity contribution in [3.05, 3.63) is 29.6 Å². The van der Waals surface area contributed by atoms with Gasteiger partial charge in [0.25, 0.3) is 0 Å². The van der Waals surface area contributed by atoms with Crippen LogP contribution in [0.25, 0.3) is 0 Å². The van der Waals surface area contributed by atoms with Crippen molar-refractivity contribution in [2.24, 2.45) is 5.92 Å². The van der Waals surface area contributed by atoms with E-state index < -0.39 is 22.4 Å². The second-order valence-corrected chi connectivity index (χ2v) is 6.79. The Hall–Kier alpha value is -1.02. The molecular weight excluding hydrogens is 285 g/mol. The zero-order valence-electron chi connectivity index (χ0n) is 11.3. The summed E-state index contributed by atoms with van der Waals surface area (Å²) in [6, 6.07) is 3.40. The lowest BCUT2D eigenvalue weighted by atomic mass is 10.1. The van der Waals surface area contributed by atoms with Gasteiger partial charge in [0, 0.05) is 20.2 Å². The van der Waals surface area contributed by atoms with Crippen molar-refractivity contribution < 1.29 is 22.7 Å². The van der Waals surface area contributed by atoms with E-state index in [2.05, 4.69) is 0 Å². The van der Waals surface area contributed by atoms with Crippen LogP contribution < -0.4 is 0 Å². The Labute approximate surface area is 118 Å². The van der Waals surface area contributed by atoms with Crippen LogP contribution in [0.5, 0.6) is 0 Å². The molecule has 1 fully saturated rings. The number of aliphatic hydroxyl groups is 1. The van der Waals surface area contributed by atoms with Crippen LogP contribution in [0.1, 0.15) is 12.0 Å². The first-order valence-corrected chi connectivity index (χ1v) is 7.81. The number of methoxy groups -OCH3 is 1. The minimum absolute atomic E-state index is 0.154. The van der Waals surface area contributed by atoms with Crippen LogP contribution in [-0.4, -0.2) is 44.6 Å². The lowest BCUT2D eigenvalue weighted by Gasteiger charge is -2.18. The van der Waals surface area contributed by atoms with Gasteiger partial charge in [-0.3, -0.25) is 0 Å². The summed E-state index contributed by atoms with van der Waals surface area (Å²) < 4.78 is 44.7. The smallest absolute Gasteiger partial charge is 0.243 e. The van der Waals surface area contributed by atoms with E-state index in [1.54, 1.807) is 7.11 Å². The molecule has 5 nitrogen and oxygen atoms in total. The van der Waals surface area contributed by atoms with Gasteiger partial charge >= 0.3 is 0 Å². The highest BCUT2D eigenvalue weighted by Crippen LogP contribution is 2.27. The highest BCUT2D eigenvalue weighted by molar-refractivity contribution is 7.89. The van der Waals surface area contributed by atoms with E-state index in [9.17, 15) is 17.9 Å². The van der Waals surface area contributed by atoms with Crippen molar-refractivity contribution in [1.82, 2.24) is 4.31 Å². The molecule has 1 aromatic rings. The highest BCUT2D eigenvalue weighted by atomic mass is 32.2. The van der Waals surface area contributed by atoms with Crippen LogP contribution >= 0.6 is 0 Å². The summed E-state index contributed by atoms with van der Waals surface area (Å²) in [4.78, 5) is -0.155. The molecule has 0 aliphatic carbocycles. The second-order valence-electron chi connectivity index (χ2n) is 4.88. The normalized spacial score (nSPS) is 20.4. The molecule has 112 valence electrons. The van der Waals surface area contributed by atoms with Crippen molar-refractivity contribution in [3.63, 3.8) is 0 Å². The average Bonchev–Trinajstić information content (AvgIpc) is 2.88. The molecule has 0 aromatic heterocycles. The minimum atomic E-state index is -3.78. The predicted molar refractivity (Wildman–Crippen MR) is 71.1 cm³/mol. The molecule has 1 N–H and O–H groups in total. The summed E-state index contributed by atoms with van der Waals surface area (Å²) in [5.74, 6) is -0.477. The number of rotatable bonds is 5. The highest BCUT2D eigenvalue weighted by Gasteiger charge is 2.33. The molecule has 1 aliphatic heterocycles. The molecule has 0 amide bonds. The quantitative estimate of drug-likeness (QED) is 0.880. The molecule has 1 aliphatic rings. The van der Waals surface area contributed by atoms with Crippen LogP contribution in [0.3, 0.4) is 0 Å². The summed E-state index contributed by atoms with van der Waals surface area (Å²) in [6.07, 6.45) is 0.719. The Morgan fingerprint density at radius 2 is 2.25 bits per heavy atom. The van der Waals surface area contributed by atoms with Gasteiger partial charge in [0.15, 0.2) is 0 Å². The number of hydrogen-bond acceptors (Lipinski definition) is 4. The SMILES string of the molecule is COCC1CCN(S(=O)(=O)c2cc(F)ccc2CO)C1. The van der Waals surface area contributed by atoms with Gasteiger partial charge in [0.05, 0.1) is 18.1 Å². The standard InChI is InChI=1S/C13H18FNO4S/c1-19-9-10-4-5-15(7-10)20(17,18)13-6-12(14)3-2-11(13)8-16/h2-3,6,10,16H,4-5,7-9H2,1H3. The molecule has 0 bridgehead atoms. The third-order valence-electron chi connectivity index (χ3n) is 3.47. The van der Waals surface area contributed by atoms with Gasteiger partial charge in [-0.2, -0.15) is 4.31 Å². The molecule has 1 saturated heterocycles. The van der Waals surface area contributed by atoms with Crippen molar-refractivity contribution in [2.75, 3.05) is 26.8 Å². The lowest BCUT2D eigenvalue weighted by Crippen LogP contribution is -2.30. The van der Waals surface area contributed by atoms with Gasteiger partial charge in [-0.15, -0.1) is 0 Å². The number of hydrogen-bond donors (Lipinski definition) is 1. The Balaban J connectivity index is 2.29. The first-order valence-electron chi connectivity index (χ1n) is 6.37.